The molecular weight excluding hydrogens is 2360 g/mol. The number of rotatable bonds is 12. The van der Waals surface area contributed by atoms with E-state index in [1.165, 1.54) is 51.7 Å². The summed E-state index contributed by atoms with van der Waals surface area (Å²) in [6.45, 7) is 15.8. The van der Waals surface area contributed by atoms with Gasteiger partial charge < -0.3 is 40.7 Å². The predicted molar refractivity (Wildman–Crippen MR) is 437 cm³/mol. The van der Waals surface area contributed by atoms with E-state index in [0.29, 0.717) is 11.8 Å². The number of oxazole rings is 3. The van der Waals surface area contributed by atoms with Crippen molar-refractivity contribution in [3.05, 3.63) is 321 Å². The van der Waals surface area contributed by atoms with E-state index in [-0.39, 0.29) is 101 Å². The second-order valence-corrected chi connectivity index (χ2v) is 27.8. The summed E-state index contributed by atoms with van der Waals surface area (Å²) in [6.07, 6.45) is 23.6. The van der Waals surface area contributed by atoms with Gasteiger partial charge in [0.05, 0.1) is 57.7 Å². The third-order valence-electron chi connectivity index (χ3n) is 19.0. The summed E-state index contributed by atoms with van der Waals surface area (Å²) in [5, 5.41) is 0. The van der Waals surface area contributed by atoms with Gasteiger partial charge in [0.2, 0.25) is 0 Å². The van der Waals surface area contributed by atoms with Crippen LogP contribution < -0.4 is 0 Å². The monoisotopic (exact) mass is 2430 g/mol. The first kappa shape index (κ1) is 86.1. The van der Waals surface area contributed by atoms with Crippen molar-refractivity contribution in [1.29, 1.82) is 0 Å². The molecule has 10 aromatic carbocycles. The predicted octanol–water partition coefficient (Wildman–Crippen LogP) is 20.7. The summed E-state index contributed by atoms with van der Waals surface area (Å²) in [6, 6.07) is 75.3. The minimum atomic E-state index is 0. The molecule has 0 bridgehead atoms. The molecule has 20 aromatic rings. The molecule has 0 amide bonds. The number of imidazole rings is 6. The van der Waals surface area contributed by atoms with E-state index in [1.807, 2.05) is 176 Å². The SMILES string of the molecule is CC(C)Cn1ccnc1-c1[c-]ccc2ocnc12.Cc1cccc(C)c1-c1cc(C)c(-n2ccnc2-c2[c-]ccc3ocnc23)c(C)c1.Cc1nc2c(-c3nccn3C)[c-]ccc2o1.Cn1cnc2c(-c3nccn3-c3ccccc3)[c-]ccc21.[Ir].[Ir].[Ir].[Ir].[Ir].[c-]1ccc2scnc2c1-c1nccn1-c1ccccc1-c1ccccc1. The van der Waals surface area contributed by atoms with E-state index in [0.717, 1.165) is 141 Å². The van der Waals surface area contributed by atoms with Crippen LogP contribution in [-0.2, 0) is 121 Å². The number of nitrogens with zero attached hydrogens (tertiary/aromatic N) is 16. The van der Waals surface area contributed by atoms with Crippen LogP contribution in [0.2, 0.25) is 0 Å². The Morgan fingerprint density at radius 3 is 1.56 bits per heavy atom. The standard InChI is InChI=1S/C26H22N3O.C22H14N3S.C17H13N4.C14H14N3O.C12H10N3O.5Ir/c1-16-7-5-8-17(2)23(16)20-13-18(3)25(19(4)14-20)29-12-11-27-26(29)21-9-6-10-22-24(21)28-15-30-22;1-2-7-16(8-3-1)17-9-4-5-11-19(17)25-14-13-23-22(25)18-10-6-12-20-21(18)24-15-26-20;1-20-12-19-16-14(8-5-9-15(16)20)17-18-10-11-21(17)13-6-3-2-4-7-13;1-10(2)8-17-7-6-15-14(17)11-4-3-5-12-13(11)16-9-18-12;1-8-14-11-9(4-3-5-10(11)16-8)12-13-6-7-15(12)2;;;;;/h5-8,10-15H,1-4H3;1-9,11-15H;2-7,9-12H,1H3;3,5-7,9-10H,8H2,1-2H3;3,5-7H,1-2H3;;;;;/q5*-1;;;;;. The average Bonchev–Trinajstić information content (AvgIpc) is 1.54. The largest absolute Gasteiger partial charge is 0.464 e. The molecule has 0 fully saturated rings. The first-order valence-electron chi connectivity index (χ1n) is 36.1. The number of para-hydroxylation sites is 2. The molecule has 0 aliphatic carbocycles. The third-order valence-corrected chi connectivity index (χ3v) is 19.7. The van der Waals surface area contributed by atoms with Crippen molar-refractivity contribution < 1.29 is 114 Å². The molecule has 116 heavy (non-hydrogen) atoms. The summed E-state index contributed by atoms with van der Waals surface area (Å²) in [5.74, 6) is 5.47. The number of thiazole rings is 1. The van der Waals surface area contributed by atoms with Gasteiger partial charge in [0.15, 0.2) is 18.7 Å². The average molecular weight is 2430 g/mol. The minimum Gasteiger partial charge on any atom is -0.464 e. The van der Waals surface area contributed by atoms with Crippen LogP contribution in [0.25, 0.3) is 151 Å². The number of hydrogen-bond acceptors (Lipinski definition) is 14. The molecule has 0 spiro atoms. The quantitative estimate of drug-likeness (QED) is 0.105. The molecule has 10 heterocycles. The van der Waals surface area contributed by atoms with Gasteiger partial charge in [-0.2, -0.15) is 0 Å². The van der Waals surface area contributed by atoms with E-state index in [1.54, 1.807) is 23.7 Å². The molecule has 0 saturated carbocycles. The van der Waals surface area contributed by atoms with Gasteiger partial charge in [-0.3, -0.25) is 49.8 Å². The third kappa shape index (κ3) is 18.0. The molecule has 25 heteroatoms. The van der Waals surface area contributed by atoms with Gasteiger partial charge >= 0.3 is 0 Å². The van der Waals surface area contributed by atoms with Crippen molar-refractivity contribution >= 4 is 65.9 Å². The van der Waals surface area contributed by atoms with Crippen LogP contribution in [-0.4, -0.2) is 77.2 Å². The van der Waals surface area contributed by atoms with Gasteiger partial charge in [-0.15, -0.1) is 84.1 Å². The van der Waals surface area contributed by atoms with E-state index >= 15 is 0 Å². The van der Waals surface area contributed by atoms with Crippen LogP contribution in [0.3, 0.4) is 0 Å². The zero-order valence-electron chi connectivity index (χ0n) is 64.1. The Hall–Kier alpha value is -10.7. The van der Waals surface area contributed by atoms with Crippen molar-refractivity contribution in [2.45, 2.75) is 55.0 Å². The maximum atomic E-state index is 5.48. The zero-order valence-corrected chi connectivity index (χ0v) is 76.9. The number of hydrogen-bond donors (Lipinski definition) is 0. The van der Waals surface area contributed by atoms with E-state index in [4.69, 9.17) is 13.3 Å². The second kappa shape index (κ2) is 38.8. The van der Waals surface area contributed by atoms with Crippen LogP contribution in [0.1, 0.15) is 42.0 Å². The molecule has 0 aliphatic rings. The summed E-state index contributed by atoms with van der Waals surface area (Å²) < 4.78 is 29.8. The smallest absolute Gasteiger partial charge is 0.180 e. The topological polar surface area (TPSA) is 198 Å². The van der Waals surface area contributed by atoms with Crippen LogP contribution in [0, 0.1) is 70.9 Å². The fourth-order valence-electron chi connectivity index (χ4n) is 14.1. The Morgan fingerprint density at radius 2 is 0.922 bits per heavy atom. The fourth-order valence-corrected chi connectivity index (χ4v) is 14.7. The van der Waals surface area contributed by atoms with Gasteiger partial charge in [-0.1, -0.05) is 145 Å². The van der Waals surface area contributed by atoms with Crippen LogP contribution in [0.4, 0.5) is 0 Å². The molecule has 0 saturated heterocycles. The Kier molecular flexibility index (Phi) is 28.8. The molecule has 0 unspecified atom stereocenters. The zero-order chi connectivity index (χ0) is 76.1. The van der Waals surface area contributed by atoms with Gasteiger partial charge in [0, 0.05) is 240 Å². The van der Waals surface area contributed by atoms with Crippen molar-refractivity contribution in [1.82, 2.24) is 77.2 Å². The fraction of sp³-hybridized carbons (Fsp3) is 0.121. The van der Waals surface area contributed by atoms with E-state index in [9.17, 15) is 0 Å². The number of aryl methyl sites for hydroxylation is 7. The van der Waals surface area contributed by atoms with Gasteiger partial charge in [0.25, 0.3) is 0 Å². The minimum absolute atomic E-state index is 0. The first-order chi connectivity index (χ1) is 54.3. The number of benzene rings is 10. The Labute approximate surface area is 742 Å². The second-order valence-electron chi connectivity index (χ2n) is 27.0. The van der Waals surface area contributed by atoms with Crippen LogP contribution in [0.15, 0.2) is 276 Å². The van der Waals surface area contributed by atoms with E-state index < -0.39 is 0 Å². The molecule has 0 aliphatic heterocycles. The van der Waals surface area contributed by atoms with Gasteiger partial charge in [-0.25, -0.2) is 0 Å². The van der Waals surface area contributed by atoms with Crippen molar-refractivity contribution in [3.8, 4) is 96.3 Å². The molecule has 20 rings (SSSR count). The Bertz CT molecular complexity index is 6600. The maximum Gasteiger partial charge on any atom is 0.180 e. The Balaban J connectivity index is 0.000000143. The normalized spacial score (nSPS) is 10.7. The molecule has 0 N–H and O–H groups in total. The van der Waals surface area contributed by atoms with Crippen LogP contribution in [0.5, 0.6) is 0 Å². The maximum absolute atomic E-state index is 5.48. The van der Waals surface area contributed by atoms with Gasteiger partial charge in [-0.05, 0) is 113 Å². The first-order valence-corrected chi connectivity index (χ1v) is 37.0. The number of fused-ring (bicyclic) bond motifs is 5. The summed E-state index contributed by atoms with van der Waals surface area (Å²) in [4.78, 5) is 44.5. The van der Waals surface area contributed by atoms with E-state index in [2.05, 4.69) is 231 Å². The van der Waals surface area contributed by atoms with Crippen LogP contribution >= 0.6 is 11.3 Å². The summed E-state index contributed by atoms with van der Waals surface area (Å²) in [5.41, 5.74) is 27.1. The van der Waals surface area contributed by atoms with Crippen molar-refractivity contribution in [3.63, 3.8) is 0 Å². The molecular formula is C91H73Ir5N16O3S-5. The molecule has 5 radical (unpaired) electrons. The number of aromatic nitrogens is 16. The molecule has 10 aromatic heterocycles. The van der Waals surface area contributed by atoms with Crippen molar-refractivity contribution in [2.75, 3.05) is 0 Å². The summed E-state index contributed by atoms with van der Waals surface area (Å²) in [7, 11) is 3.94. The van der Waals surface area contributed by atoms with Crippen molar-refractivity contribution in [2.24, 2.45) is 20.0 Å². The molecule has 591 valence electrons. The molecule has 0 atom stereocenters. The molecule has 19 nitrogen and oxygen atoms in total. The Morgan fingerprint density at radius 1 is 0.414 bits per heavy atom. The summed E-state index contributed by atoms with van der Waals surface area (Å²) >= 11 is 1.63. The van der Waals surface area contributed by atoms with Gasteiger partial charge in [0.1, 0.15) is 0 Å².